The van der Waals surface area contributed by atoms with Crippen molar-refractivity contribution in [1.29, 1.82) is 0 Å². The third kappa shape index (κ3) is 3.04. The highest BCUT2D eigenvalue weighted by Gasteiger charge is 2.25. The van der Waals surface area contributed by atoms with Gasteiger partial charge in [-0.2, -0.15) is 0 Å². The van der Waals surface area contributed by atoms with E-state index in [1.165, 1.54) is 17.7 Å². The molecule has 0 saturated carbocycles. The van der Waals surface area contributed by atoms with Gasteiger partial charge in [0.1, 0.15) is 10.8 Å². The van der Waals surface area contributed by atoms with Crippen LogP contribution in [0.15, 0.2) is 6.07 Å². The Morgan fingerprint density at radius 1 is 1.43 bits per heavy atom. The van der Waals surface area contributed by atoms with E-state index in [1.807, 2.05) is 0 Å². The van der Waals surface area contributed by atoms with Gasteiger partial charge in [-0.15, -0.1) is 0 Å². The predicted octanol–water partition coefficient (Wildman–Crippen LogP) is 2.21. The van der Waals surface area contributed by atoms with Crippen molar-refractivity contribution in [3.63, 3.8) is 0 Å². The molecule has 2 heterocycles. The summed E-state index contributed by atoms with van der Waals surface area (Å²) in [6, 6.07) is 2.17. The fourth-order valence-electron chi connectivity index (χ4n) is 3.35. The van der Waals surface area contributed by atoms with Gasteiger partial charge in [-0.25, -0.2) is 4.98 Å². The highest BCUT2D eigenvalue weighted by Crippen LogP contribution is 2.29. The molecule has 21 heavy (non-hydrogen) atoms. The van der Waals surface area contributed by atoms with Gasteiger partial charge >= 0.3 is 0 Å². The first-order chi connectivity index (χ1) is 10.2. The van der Waals surface area contributed by atoms with E-state index < -0.39 is 0 Å². The maximum Gasteiger partial charge on any atom is 0.139 e. The summed E-state index contributed by atoms with van der Waals surface area (Å²) < 4.78 is 5.72. The average molecular weight is 305 g/mol. The summed E-state index contributed by atoms with van der Waals surface area (Å²) >= 11 is 5.24. The summed E-state index contributed by atoms with van der Waals surface area (Å²) in [5, 5.41) is 0. The molecule has 1 saturated heterocycles. The van der Waals surface area contributed by atoms with Crippen LogP contribution in [-0.4, -0.2) is 35.8 Å². The van der Waals surface area contributed by atoms with E-state index in [1.54, 1.807) is 0 Å². The summed E-state index contributed by atoms with van der Waals surface area (Å²) in [6.07, 6.45) is 5.84. The highest BCUT2D eigenvalue weighted by atomic mass is 32.1. The monoisotopic (exact) mass is 305 g/mol. The van der Waals surface area contributed by atoms with Gasteiger partial charge in [0.2, 0.25) is 0 Å². The molecule has 1 aliphatic heterocycles. The van der Waals surface area contributed by atoms with Gasteiger partial charge in [-0.1, -0.05) is 12.2 Å². The number of hydrogen-bond donors (Lipinski definition) is 1. The summed E-state index contributed by atoms with van der Waals surface area (Å²) in [5.74, 6) is 0.984. The molecule has 0 atom stereocenters. The fourth-order valence-corrected chi connectivity index (χ4v) is 3.50. The first kappa shape index (κ1) is 14.7. The first-order valence-corrected chi connectivity index (χ1v) is 8.29. The number of anilines is 1. The molecule has 1 fully saturated rings. The van der Waals surface area contributed by atoms with Gasteiger partial charge in [0.05, 0.1) is 11.7 Å². The highest BCUT2D eigenvalue weighted by molar-refractivity contribution is 7.80. The zero-order valence-corrected chi connectivity index (χ0v) is 13.4. The molecule has 1 aliphatic carbocycles. The molecular formula is C16H23N3OS. The predicted molar refractivity (Wildman–Crippen MR) is 89.0 cm³/mol. The molecule has 0 amide bonds. The zero-order chi connectivity index (χ0) is 14.8. The number of piperidine rings is 1. The number of aryl methyl sites for hydroxylation is 2. The van der Waals surface area contributed by atoms with Crippen molar-refractivity contribution in [2.75, 3.05) is 24.6 Å². The molecule has 1 aromatic heterocycles. The maximum atomic E-state index is 5.93. The van der Waals surface area contributed by atoms with E-state index in [4.69, 9.17) is 27.7 Å². The Morgan fingerprint density at radius 3 is 2.86 bits per heavy atom. The van der Waals surface area contributed by atoms with Crippen molar-refractivity contribution < 1.29 is 4.74 Å². The minimum absolute atomic E-state index is 0.383. The molecule has 0 aromatic carbocycles. The Balaban J connectivity index is 1.83. The van der Waals surface area contributed by atoms with Crippen LogP contribution >= 0.6 is 12.2 Å². The third-order valence-corrected chi connectivity index (χ3v) is 4.66. The van der Waals surface area contributed by atoms with E-state index in [0.29, 0.717) is 11.1 Å². The Kier molecular flexibility index (Phi) is 4.40. The van der Waals surface area contributed by atoms with E-state index in [9.17, 15) is 0 Å². The third-order valence-electron chi connectivity index (χ3n) is 4.44. The molecule has 0 bridgehead atoms. The van der Waals surface area contributed by atoms with Crippen LogP contribution in [0, 0.1) is 0 Å². The van der Waals surface area contributed by atoms with Crippen LogP contribution in [0.5, 0.6) is 0 Å². The van der Waals surface area contributed by atoms with Gasteiger partial charge in [0.15, 0.2) is 0 Å². The standard InChI is InChI=1S/C16H23N3OS/c1-2-20-12-6-8-19(9-7-12)16-13(15(17)21)10-11-4-3-5-14(11)18-16/h10,12H,2-9H2,1H3,(H2,17,21). The summed E-state index contributed by atoms with van der Waals surface area (Å²) in [6.45, 7) is 4.78. The van der Waals surface area contributed by atoms with Gasteiger partial charge in [-0.3, -0.25) is 0 Å². The molecule has 1 aromatic rings. The SMILES string of the molecule is CCOC1CCN(c2nc3c(cc2C(N)=S)CCC3)CC1. The average Bonchev–Trinajstić information content (AvgIpc) is 2.94. The molecule has 3 rings (SSSR count). The number of thiocarbonyl (C=S) groups is 1. The number of rotatable bonds is 4. The van der Waals surface area contributed by atoms with Crippen LogP contribution in [-0.2, 0) is 17.6 Å². The van der Waals surface area contributed by atoms with Gasteiger partial charge < -0.3 is 15.4 Å². The van der Waals surface area contributed by atoms with Crippen LogP contribution < -0.4 is 10.6 Å². The fraction of sp³-hybridized carbons (Fsp3) is 0.625. The molecule has 2 aliphatic rings. The Labute approximate surface area is 131 Å². The first-order valence-electron chi connectivity index (χ1n) is 7.88. The van der Waals surface area contributed by atoms with Crippen LogP contribution in [0.3, 0.4) is 0 Å². The summed E-state index contributed by atoms with van der Waals surface area (Å²) in [4.78, 5) is 7.67. The van der Waals surface area contributed by atoms with Crippen LogP contribution in [0.25, 0.3) is 0 Å². The molecule has 5 heteroatoms. The van der Waals surface area contributed by atoms with Crippen molar-refractivity contribution in [3.05, 3.63) is 22.9 Å². The topological polar surface area (TPSA) is 51.4 Å². The van der Waals surface area contributed by atoms with Crippen LogP contribution in [0.1, 0.15) is 43.0 Å². The lowest BCUT2D eigenvalue weighted by molar-refractivity contribution is 0.0458. The number of fused-ring (bicyclic) bond motifs is 1. The van der Waals surface area contributed by atoms with Crippen molar-refractivity contribution in [3.8, 4) is 0 Å². The summed E-state index contributed by atoms with van der Waals surface area (Å²) in [7, 11) is 0. The second-order valence-electron chi connectivity index (χ2n) is 5.82. The maximum absolute atomic E-state index is 5.93. The number of ether oxygens (including phenoxy) is 1. The summed E-state index contributed by atoms with van der Waals surface area (Å²) in [5.41, 5.74) is 9.43. The van der Waals surface area contributed by atoms with Crippen LogP contribution in [0.4, 0.5) is 5.82 Å². The van der Waals surface area contributed by atoms with E-state index in [-0.39, 0.29) is 0 Å². The molecule has 0 unspecified atom stereocenters. The van der Waals surface area contributed by atoms with Gasteiger partial charge in [0, 0.05) is 25.4 Å². The number of hydrogen-bond acceptors (Lipinski definition) is 4. The van der Waals surface area contributed by atoms with Crippen molar-refractivity contribution >= 4 is 23.0 Å². The lowest BCUT2D eigenvalue weighted by Crippen LogP contribution is -2.38. The lowest BCUT2D eigenvalue weighted by atomic mass is 10.1. The van der Waals surface area contributed by atoms with E-state index in [2.05, 4.69) is 17.9 Å². The Bertz CT molecular complexity index is 539. The van der Waals surface area contributed by atoms with Crippen molar-refractivity contribution in [2.24, 2.45) is 5.73 Å². The quantitative estimate of drug-likeness (QED) is 0.864. The molecular weight excluding hydrogens is 282 g/mol. The Morgan fingerprint density at radius 2 is 2.19 bits per heavy atom. The van der Waals surface area contributed by atoms with Crippen molar-refractivity contribution in [1.82, 2.24) is 4.98 Å². The largest absolute Gasteiger partial charge is 0.389 e. The lowest BCUT2D eigenvalue weighted by Gasteiger charge is -2.33. The van der Waals surface area contributed by atoms with E-state index in [0.717, 1.165) is 56.8 Å². The second-order valence-corrected chi connectivity index (χ2v) is 6.26. The minimum Gasteiger partial charge on any atom is -0.389 e. The van der Waals surface area contributed by atoms with Crippen LogP contribution in [0.2, 0.25) is 0 Å². The molecule has 0 spiro atoms. The molecule has 114 valence electrons. The zero-order valence-electron chi connectivity index (χ0n) is 12.6. The normalized spacial score (nSPS) is 18.8. The number of nitrogens with zero attached hydrogens (tertiary/aromatic N) is 2. The Hall–Kier alpha value is -1.20. The molecule has 0 radical (unpaired) electrons. The number of pyridine rings is 1. The smallest absolute Gasteiger partial charge is 0.139 e. The molecule has 4 nitrogen and oxygen atoms in total. The molecule has 2 N–H and O–H groups in total. The second kappa shape index (κ2) is 6.28. The minimum atomic E-state index is 0.383. The number of nitrogens with two attached hydrogens (primary N) is 1. The number of aromatic nitrogens is 1. The van der Waals surface area contributed by atoms with Gasteiger partial charge in [-0.05, 0) is 50.7 Å². The van der Waals surface area contributed by atoms with Gasteiger partial charge in [0.25, 0.3) is 0 Å². The van der Waals surface area contributed by atoms with Crippen molar-refractivity contribution in [2.45, 2.75) is 45.1 Å². The van der Waals surface area contributed by atoms with E-state index >= 15 is 0 Å².